The first-order valence-corrected chi connectivity index (χ1v) is 6.39. The van der Waals surface area contributed by atoms with Gasteiger partial charge in [0.05, 0.1) is 0 Å². The summed E-state index contributed by atoms with van der Waals surface area (Å²) in [6.45, 7) is 12.9. The lowest BCUT2D eigenvalue weighted by Gasteiger charge is -2.49. The largest absolute Gasteiger partial charge is 0.309 e. The molecule has 1 heterocycles. The third-order valence-corrected chi connectivity index (χ3v) is 3.95. The predicted molar refractivity (Wildman–Crippen MR) is 65.1 cm³/mol. The maximum Gasteiger partial charge on any atom is 0.0278 e. The average Bonchev–Trinajstić information content (AvgIpc) is 2.91. The van der Waals surface area contributed by atoms with E-state index < -0.39 is 0 Å². The number of hydrogen-bond acceptors (Lipinski definition) is 2. The molecule has 1 N–H and O–H groups in total. The summed E-state index contributed by atoms with van der Waals surface area (Å²) in [6.07, 6.45) is 4.38. The molecule has 0 radical (unpaired) electrons. The molecule has 0 unspecified atom stereocenters. The van der Waals surface area contributed by atoms with Crippen LogP contribution in [-0.2, 0) is 0 Å². The summed E-state index contributed by atoms with van der Waals surface area (Å²) in [4.78, 5) is 2.68. The van der Waals surface area contributed by atoms with Gasteiger partial charge in [-0.25, -0.2) is 0 Å². The van der Waals surface area contributed by atoms with Gasteiger partial charge >= 0.3 is 0 Å². The summed E-state index contributed by atoms with van der Waals surface area (Å²) in [5.41, 5.74) is 0.628. The Balaban J connectivity index is 1.91. The highest BCUT2D eigenvalue weighted by atomic mass is 15.3. The maximum atomic E-state index is 3.64. The van der Waals surface area contributed by atoms with Gasteiger partial charge in [-0.1, -0.05) is 12.8 Å². The topological polar surface area (TPSA) is 15.3 Å². The molecule has 0 bridgehead atoms. The van der Waals surface area contributed by atoms with E-state index in [-0.39, 0.29) is 0 Å². The third-order valence-electron chi connectivity index (χ3n) is 3.95. The highest BCUT2D eigenvalue weighted by Crippen LogP contribution is 2.34. The molecule has 2 aliphatic rings. The van der Waals surface area contributed by atoms with Crippen molar-refractivity contribution in [3.05, 3.63) is 0 Å². The van der Waals surface area contributed by atoms with Gasteiger partial charge in [0.25, 0.3) is 0 Å². The van der Waals surface area contributed by atoms with Crippen LogP contribution in [0.25, 0.3) is 0 Å². The monoisotopic (exact) mass is 210 g/mol. The minimum Gasteiger partial charge on any atom is -0.309 e. The van der Waals surface area contributed by atoms with Gasteiger partial charge in [-0.2, -0.15) is 0 Å². The van der Waals surface area contributed by atoms with E-state index >= 15 is 0 Å². The first-order chi connectivity index (χ1) is 6.89. The molecule has 0 spiro atoms. The lowest BCUT2D eigenvalue weighted by molar-refractivity contribution is 0.0372. The number of nitrogens with zero attached hydrogens (tertiary/aromatic N) is 1. The highest BCUT2D eigenvalue weighted by Gasteiger charge is 2.37. The summed E-state index contributed by atoms with van der Waals surface area (Å²) in [6, 6.07) is 0. The van der Waals surface area contributed by atoms with Gasteiger partial charge in [0.15, 0.2) is 0 Å². The van der Waals surface area contributed by atoms with E-state index in [0.29, 0.717) is 11.1 Å². The second-order valence-electron chi connectivity index (χ2n) is 6.70. The fourth-order valence-corrected chi connectivity index (χ4v) is 2.44. The summed E-state index contributed by atoms with van der Waals surface area (Å²) in [5, 5.41) is 3.64. The first-order valence-electron chi connectivity index (χ1n) is 6.39. The lowest BCUT2D eigenvalue weighted by atomic mass is 9.91. The van der Waals surface area contributed by atoms with Gasteiger partial charge in [-0.15, -0.1) is 0 Å². The van der Waals surface area contributed by atoms with Gasteiger partial charge in [0, 0.05) is 24.2 Å². The normalized spacial score (nSPS) is 30.4. The Hall–Kier alpha value is -0.0800. The maximum absolute atomic E-state index is 3.64. The summed E-state index contributed by atoms with van der Waals surface area (Å²) in [7, 11) is 0. The standard InChI is InChI=1S/C13H26N2/c1-12(2)10-15(8-7-11-5-6-11)13(3,4)9-14-12/h11,14H,5-10H2,1-4H3. The summed E-state index contributed by atoms with van der Waals surface area (Å²) in [5.74, 6) is 1.05. The first kappa shape index (κ1) is 11.4. The highest BCUT2D eigenvalue weighted by molar-refractivity contribution is 4.97. The van der Waals surface area contributed by atoms with Crippen LogP contribution in [0.5, 0.6) is 0 Å². The van der Waals surface area contributed by atoms with Gasteiger partial charge in [0.1, 0.15) is 0 Å². The fourth-order valence-electron chi connectivity index (χ4n) is 2.44. The summed E-state index contributed by atoms with van der Waals surface area (Å²) < 4.78 is 0. The average molecular weight is 210 g/mol. The van der Waals surface area contributed by atoms with Gasteiger partial charge in [0.2, 0.25) is 0 Å². The van der Waals surface area contributed by atoms with E-state index in [0.717, 1.165) is 12.5 Å². The van der Waals surface area contributed by atoms with Gasteiger partial charge in [-0.05, 0) is 46.6 Å². The molecule has 2 rings (SSSR count). The molecule has 2 nitrogen and oxygen atoms in total. The molecule has 0 aromatic rings. The molecule has 1 aliphatic heterocycles. The molecule has 2 fully saturated rings. The van der Waals surface area contributed by atoms with Crippen molar-refractivity contribution in [3.63, 3.8) is 0 Å². The Morgan fingerprint density at radius 2 is 1.87 bits per heavy atom. The molecule has 88 valence electrons. The second kappa shape index (κ2) is 3.74. The van der Waals surface area contributed by atoms with Crippen molar-refractivity contribution in [2.45, 2.75) is 58.0 Å². The Morgan fingerprint density at radius 3 is 2.47 bits per heavy atom. The molecule has 0 aromatic heterocycles. The second-order valence-corrected chi connectivity index (χ2v) is 6.70. The number of nitrogens with one attached hydrogen (secondary N) is 1. The zero-order chi connectivity index (χ0) is 11.1. The lowest BCUT2D eigenvalue weighted by Crippen LogP contribution is -2.66. The molecular weight excluding hydrogens is 184 g/mol. The smallest absolute Gasteiger partial charge is 0.0278 e. The van der Waals surface area contributed by atoms with Crippen LogP contribution in [0, 0.1) is 5.92 Å². The SMILES string of the molecule is CC1(C)CN(CCC2CC2)C(C)(C)CN1. The van der Waals surface area contributed by atoms with Crippen LogP contribution in [0.4, 0.5) is 0 Å². The molecule has 1 saturated heterocycles. The van der Waals surface area contributed by atoms with Crippen molar-refractivity contribution >= 4 is 0 Å². The van der Waals surface area contributed by atoms with Crippen molar-refractivity contribution in [2.24, 2.45) is 5.92 Å². The zero-order valence-corrected chi connectivity index (χ0v) is 10.8. The zero-order valence-electron chi connectivity index (χ0n) is 10.8. The number of hydrogen-bond donors (Lipinski definition) is 1. The number of piperazine rings is 1. The quantitative estimate of drug-likeness (QED) is 0.768. The van der Waals surface area contributed by atoms with Crippen LogP contribution in [0.2, 0.25) is 0 Å². The van der Waals surface area contributed by atoms with Crippen molar-refractivity contribution in [3.8, 4) is 0 Å². The minimum absolute atomic E-state index is 0.291. The Morgan fingerprint density at radius 1 is 1.20 bits per heavy atom. The van der Waals surface area contributed by atoms with E-state index in [9.17, 15) is 0 Å². The number of rotatable bonds is 3. The Kier molecular flexibility index (Phi) is 2.85. The molecule has 15 heavy (non-hydrogen) atoms. The summed E-state index contributed by atoms with van der Waals surface area (Å²) >= 11 is 0. The van der Waals surface area contributed by atoms with Gasteiger partial charge < -0.3 is 5.32 Å². The molecular formula is C13H26N2. The molecule has 0 amide bonds. The van der Waals surface area contributed by atoms with E-state index in [4.69, 9.17) is 0 Å². The van der Waals surface area contributed by atoms with E-state index in [2.05, 4.69) is 37.9 Å². The van der Waals surface area contributed by atoms with E-state index in [1.165, 1.54) is 32.4 Å². The molecule has 2 heteroatoms. The Bertz CT molecular complexity index is 229. The van der Waals surface area contributed by atoms with Crippen LogP contribution in [0.1, 0.15) is 47.0 Å². The van der Waals surface area contributed by atoms with Crippen LogP contribution in [-0.4, -0.2) is 35.6 Å². The molecule has 1 saturated carbocycles. The van der Waals surface area contributed by atoms with E-state index in [1.54, 1.807) is 0 Å². The third kappa shape index (κ3) is 2.94. The predicted octanol–water partition coefficient (Wildman–Crippen LogP) is 2.25. The van der Waals surface area contributed by atoms with Crippen molar-refractivity contribution < 1.29 is 0 Å². The Labute approximate surface area is 94.4 Å². The van der Waals surface area contributed by atoms with Crippen LogP contribution >= 0.6 is 0 Å². The van der Waals surface area contributed by atoms with E-state index in [1.807, 2.05) is 0 Å². The molecule has 0 aromatic carbocycles. The molecule has 1 aliphatic carbocycles. The van der Waals surface area contributed by atoms with Crippen LogP contribution in [0.15, 0.2) is 0 Å². The van der Waals surface area contributed by atoms with Gasteiger partial charge in [-0.3, -0.25) is 4.90 Å². The van der Waals surface area contributed by atoms with Crippen LogP contribution in [0.3, 0.4) is 0 Å². The minimum atomic E-state index is 0.291. The van der Waals surface area contributed by atoms with Crippen molar-refractivity contribution in [2.75, 3.05) is 19.6 Å². The fraction of sp³-hybridized carbons (Fsp3) is 1.00. The molecule has 0 atom stereocenters. The van der Waals surface area contributed by atoms with Crippen LogP contribution < -0.4 is 5.32 Å². The van der Waals surface area contributed by atoms with Crippen molar-refractivity contribution in [1.82, 2.24) is 10.2 Å². The van der Waals surface area contributed by atoms with Crippen molar-refractivity contribution in [1.29, 1.82) is 0 Å².